The molecule has 1 rings (SSSR count). The van der Waals surface area contributed by atoms with Crippen LogP contribution in [0.1, 0.15) is 32.4 Å². The number of methoxy groups -OCH3 is 1. The summed E-state index contributed by atoms with van der Waals surface area (Å²) in [6, 6.07) is 7.85. The molecule has 24 heavy (non-hydrogen) atoms. The second kappa shape index (κ2) is 8.44. The van der Waals surface area contributed by atoms with Crippen LogP contribution in [0.5, 0.6) is 0 Å². The Bertz CT molecular complexity index is 580. The van der Waals surface area contributed by atoms with Gasteiger partial charge in [0.25, 0.3) is 0 Å². The largest absolute Gasteiger partial charge is 0.468 e. The van der Waals surface area contributed by atoms with Crippen LogP contribution in [0, 0.1) is 5.92 Å². The Morgan fingerprint density at radius 3 is 2.25 bits per heavy atom. The molecule has 1 aromatic rings. The van der Waals surface area contributed by atoms with Crippen molar-refractivity contribution in [2.45, 2.75) is 32.4 Å². The molecule has 0 spiro atoms. The first-order valence-corrected chi connectivity index (χ1v) is 7.53. The van der Waals surface area contributed by atoms with E-state index in [1.54, 1.807) is 51.1 Å². The summed E-state index contributed by atoms with van der Waals surface area (Å²) < 4.78 is 9.77. The van der Waals surface area contributed by atoms with Gasteiger partial charge in [0.15, 0.2) is 5.92 Å². The Hall–Kier alpha value is -2.41. The summed E-state index contributed by atoms with van der Waals surface area (Å²) in [5.41, 5.74) is 5.96. The molecule has 0 fully saturated rings. The first-order chi connectivity index (χ1) is 11.2. The average Bonchev–Trinajstić information content (AvgIpc) is 2.51. The van der Waals surface area contributed by atoms with E-state index < -0.39 is 35.4 Å². The Morgan fingerprint density at radius 1 is 1.17 bits per heavy atom. The van der Waals surface area contributed by atoms with Crippen molar-refractivity contribution >= 4 is 17.8 Å². The van der Waals surface area contributed by atoms with Crippen molar-refractivity contribution in [3.05, 3.63) is 35.9 Å². The van der Waals surface area contributed by atoms with Crippen LogP contribution in [0.4, 0.5) is 0 Å². The molecule has 1 amide bonds. The van der Waals surface area contributed by atoms with Gasteiger partial charge in [0.05, 0.1) is 13.2 Å². The number of rotatable bonds is 6. The minimum absolute atomic E-state index is 0.351. The average molecular weight is 336 g/mol. The summed E-state index contributed by atoms with van der Waals surface area (Å²) in [6.07, 6.45) is 0. The van der Waals surface area contributed by atoms with E-state index in [1.807, 2.05) is 0 Å². The molecule has 0 bridgehead atoms. The third-order valence-electron chi connectivity index (χ3n) is 3.12. The molecule has 3 N–H and O–H groups in total. The van der Waals surface area contributed by atoms with Gasteiger partial charge < -0.3 is 20.5 Å². The molecular weight excluding hydrogens is 312 g/mol. The number of nitrogens with one attached hydrogen (secondary N) is 1. The highest BCUT2D eigenvalue weighted by molar-refractivity contribution is 5.99. The minimum atomic E-state index is -1.28. The topological polar surface area (TPSA) is 108 Å². The fourth-order valence-electron chi connectivity index (χ4n) is 1.99. The molecule has 0 aliphatic heterocycles. The van der Waals surface area contributed by atoms with Crippen LogP contribution in [0.15, 0.2) is 30.3 Å². The van der Waals surface area contributed by atoms with Crippen LogP contribution in [0.2, 0.25) is 0 Å². The number of benzene rings is 1. The third kappa shape index (κ3) is 6.00. The number of hydrogen-bond donors (Lipinski definition) is 2. The zero-order chi connectivity index (χ0) is 18.3. The summed E-state index contributed by atoms with van der Waals surface area (Å²) in [7, 11) is 1.20. The van der Waals surface area contributed by atoms with Gasteiger partial charge >= 0.3 is 11.9 Å². The monoisotopic (exact) mass is 336 g/mol. The molecule has 0 radical (unpaired) electrons. The van der Waals surface area contributed by atoms with Crippen LogP contribution in [-0.2, 0) is 23.9 Å². The Morgan fingerprint density at radius 2 is 1.75 bits per heavy atom. The van der Waals surface area contributed by atoms with Crippen molar-refractivity contribution in [3.8, 4) is 0 Å². The van der Waals surface area contributed by atoms with Crippen molar-refractivity contribution in [3.63, 3.8) is 0 Å². The van der Waals surface area contributed by atoms with Crippen molar-refractivity contribution in [1.82, 2.24) is 5.32 Å². The molecule has 7 heteroatoms. The maximum Gasteiger partial charge on any atom is 0.325 e. The second-order valence-corrected chi connectivity index (χ2v) is 6.24. The number of hydrogen-bond acceptors (Lipinski definition) is 6. The predicted octanol–water partition coefficient (Wildman–Crippen LogP) is 0.934. The Balaban J connectivity index is 3.00. The highest BCUT2D eigenvalue weighted by Gasteiger charge is 2.37. The van der Waals surface area contributed by atoms with E-state index in [0.717, 1.165) is 0 Å². The fraction of sp³-hybridized carbons (Fsp3) is 0.471. The fourth-order valence-corrected chi connectivity index (χ4v) is 1.99. The Kier molecular flexibility index (Phi) is 6.91. The van der Waals surface area contributed by atoms with Crippen LogP contribution < -0.4 is 11.1 Å². The number of nitrogens with two attached hydrogens (primary N) is 1. The lowest BCUT2D eigenvalue weighted by atomic mass is 9.92. The summed E-state index contributed by atoms with van der Waals surface area (Å²) in [5.74, 6) is -3.34. The molecule has 132 valence electrons. The number of ether oxygens (including phenoxy) is 2. The summed E-state index contributed by atoms with van der Waals surface area (Å²) in [4.78, 5) is 36.0. The Labute approximate surface area is 141 Å². The van der Waals surface area contributed by atoms with Gasteiger partial charge in [0.1, 0.15) is 12.1 Å². The van der Waals surface area contributed by atoms with Crippen LogP contribution in [-0.4, -0.2) is 37.1 Å². The lowest BCUT2D eigenvalue weighted by Crippen LogP contribution is -2.45. The SMILES string of the molecule is COC(=O)CNC(=O)C(C(=O)OC(C)(C)C)C(N)c1ccccc1. The van der Waals surface area contributed by atoms with Crippen LogP contribution in [0.25, 0.3) is 0 Å². The van der Waals surface area contributed by atoms with E-state index in [9.17, 15) is 14.4 Å². The lowest BCUT2D eigenvalue weighted by Gasteiger charge is -2.26. The maximum absolute atomic E-state index is 12.5. The molecule has 0 aromatic heterocycles. The van der Waals surface area contributed by atoms with Gasteiger partial charge in [-0.05, 0) is 26.3 Å². The van der Waals surface area contributed by atoms with Crippen molar-refractivity contribution < 1.29 is 23.9 Å². The third-order valence-corrected chi connectivity index (χ3v) is 3.12. The molecule has 0 aliphatic carbocycles. The molecule has 2 unspecified atom stereocenters. The molecule has 1 aromatic carbocycles. The lowest BCUT2D eigenvalue weighted by molar-refractivity contribution is -0.164. The standard InChI is InChI=1S/C17H24N2O5/c1-17(2,3)24-16(22)13(15(21)19-10-12(20)23-4)14(18)11-8-6-5-7-9-11/h5-9,13-14H,10,18H2,1-4H3,(H,19,21). The smallest absolute Gasteiger partial charge is 0.325 e. The van der Waals surface area contributed by atoms with Crippen molar-refractivity contribution in [2.75, 3.05) is 13.7 Å². The van der Waals surface area contributed by atoms with E-state index in [2.05, 4.69) is 10.1 Å². The number of carbonyl (C=O) groups excluding carboxylic acids is 3. The van der Waals surface area contributed by atoms with E-state index in [0.29, 0.717) is 5.56 Å². The molecule has 7 nitrogen and oxygen atoms in total. The molecule has 0 saturated heterocycles. The summed E-state index contributed by atoms with van der Waals surface area (Å²) in [6.45, 7) is 4.74. The number of amides is 1. The van der Waals surface area contributed by atoms with Gasteiger partial charge in [-0.1, -0.05) is 30.3 Å². The van der Waals surface area contributed by atoms with Gasteiger partial charge in [-0.2, -0.15) is 0 Å². The van der Waals surface area contributed by atoms with E-state index >= 15 is 0 Å². The summed E-state index contributed by atoms with van der Waals surface area (Å²) >= 11 is 0. The number of carbonyl (C=O) groups is 3. The van der Waals surface area contributed by atoms with Crippen LogP contribution >= 0.6 is 0 Å². The van der Waals surface area contributed by atoms with E-state index in [4.69, 9.17) is 10.5 Å². The number of esters is 2. The molecule has 0 heterocycles. The van der Waals surface area contributed by atoms with E-state index in [-0.39, 0.29) is 6.54 Å². The normalized spacial score (nSPS) is 13.5. The van der Waals surface area contributed by atoms with Crippen molar-refractivity contribution in [2.24, 2.45) is 11.7 Å². The summed E-state index contributed by atoms with van der Waals surface area (Å²) in [5, 5.41) is 2.36. The molecule has 0 aliphatic rings. The maximum atomic E-state index is 12.5. The van der Waals surface area contributed by atoms with Gasteiger partial charge in [-0.25, -0.2) is 0 Å². The van der Waals surface area contributed by atoms with Crippen LogP contribution in [0.3, 0.4) is 0 Å². The predicted molar refractivity (Wildman–Crippen MR) is 87.7 cm³/mol. The quantitative estimate of drug-likeness (QED) is 0.591. The second-order valence-electron chi connectivity index (χ2n) is 6.24. The molecule has 2 atom stereocenters. The first kappa shape index (κ1) is 19.6. The van der Waals surface area contributed by atoms with Gasteiger partial charge in [0.2, 0.25) is 5.91 Å². The highest BCUT2D eigenvalue weighted by Crippen LogP contribution is 2.23. The molecule has 0 saturated carbocycles. The highest BCUT2D eigenvalue weighted by atomic mass is 16.6. The molecular formula is C17H24N2O5. The van der Waals surface area contributed by atoms with Gasteiger partial charge in [0, 0.05) is 0 Å². The van der Waals surface area contributed by atoms with Gasteiger partial charge in [-0.3, -0.25) is 14.4 Å². The minimum Gasteiger partial charge on any atom is -0.468 e. The van der Waals surface area contributed by atoms with Gasteiger partial charge in [-0.15, -0.1) is 0 Å². The zero-order valence-electron chi connectivity index (χ0n) is 14.4. The first-order valence-electron chi connectivity index (χ1n) is 7.53. The van der Waals surface area contributed by atoms with Crippen molar-refractivity contribution in [1.29, 1.82) is 0 Å². The zero-order valence-corrected chi connectivity index (χ0v) is 14.4. The van der Waals surface area contributed by atoms with E-state index in [1.165, 1.54) is 7.11 Å².